The number of benzene rings is 3. The lowest BCUT2D eigenvalue weighted by Crippen LogP contribution is -2.42. The molecule has 0 aromatic heterocycles. The van der Waals surface area contributed by atoms with E-state index in [9.17, 15) is 4.79 Å². The smallest absolute Gasteiger partial charge is 0.150 e. The van der Waals surface area contributed by atoms with Crippen LogP contribution in [0.4, 0.5) is 0 Å². The van der Waals surface area contributed by atoms with Gasteiger partial charge in [-0.05, 0) is 53.6 Å². The van der Waals surface area contributed by atoms with Crippen molar-refractivity contribution in [3.63, 3.8) is 0 Å². The van der Waals surface area contributed by atoms with Crippen molar-refractivity contribution in [3.8, 4) is 0 Å². The van der Waals surface area contributed by atoms with Crippen LogP contribution in [0.3, 0.4) is 0 Å². The highest BCUT2D eigenvalue weighted by Gasteiger charge is 2.37. The number of ketones is 1. The van der Waals surface area contributed by atoms with Crippen molar-refractivity contribution in [1.29, 1.82) is 0 Å². The highest BCUT2D eigenvalue weighted by molar-refractivity contribution is 5.85. The molecule has 1 atom stereocenters. The number of aryl methyl sites for hydroxylation is 2. The molecule has 2 heteroatoms. The molecule has 0 spiro atoms. The quantitative estimate of drug-likeness (QED) is 0.636. The van der Waals surface area contributed by atoms with E-state index in [1.54, 1.807) is 0 Å². The number of nitrogens with zero attached hydrogens (tertiary/aromatic N) is 1. The first-order valence-electron chi connectivity index (χ1n) is 10.7. The Morgan fingerprint density at radius 2 is 1.34 bits per heavy atom. The fourth-order valence-electron chi connectivity index (χ4n) is 5.23. The lowest BCUT2D eigenvalue weighted by atomic mass is 9.74. The topological polar surface area (TPSA) is 20.3 Å². The molecule has 0 amide bonds. The Bertz CT molecular complexity index is 962. The number of carbonyl (C=O) groups excluding carboxylic acids is 1. The van der Waals surface area contributed by atoms with Crippen molar-refractivity contribution in [2.24, 2.45) is 5.92 Å². The molecule has 0 radical (unpaired) electrons. The summed E-state index contributed by atoms with van der Waals surface area (Å²) in [7, 11) is 0. The molecular formula is C27H27NO. The molecule has 1 aliphatic carbocycles. The molecule has 2 aliphatic rings. The second-order valence-corrected chi connectivity index (χ2v) is 8.43. The number of rotatable bonds is 3. The molecule has 3 aromatic carbocycles. The minimum absolute atomic E-state index is 0.0717. The zero-order chi connectivity index (χ0) is 19.6. The van der Waals surface area contributed by atoms with E-state index < -0.39 is 0 Å². The van der Waals surface area contributed by atoms with Crippen LogP contribution < -0.4 is 0 Å². The molecule has 146 valence electrons. The SMILES string of the molecule is O=C1CN(Cc2ccccc2)CCC1C1c2ccccc2CCc2ccccc21. The van der Waals surface area contributed by atoms with E-state index in [1.807, 2.05) is 6.07 Å². The molecule has 0 bridgehead atoms. The van der Waals surface area contributed by atoms with Gasteiger partial charge < -0.3 is 0 Å². The van der Waals surface area contributed by atoms with Crippen molar-refractivity contribution >= 4 is 5.78 Å². The lowest BCUT2D eigenvalue weighted by molar-refractivity contribution is -0.127. The first-order valence-corrected chi connectivity index (χ1v) is 10.7. The second kappa shape index (κ2) is 7.96. The van der Waals surface area contributed by atoms with Crippen LogP contribution in [0.5, 0.6) is 0 Å². The van der Waals surface area contributed by atoms with Gasteiger partial charge in [-0.2, -0.15) is 0 Å². The van der Waals surface area contributed by atoms with Gasteiger partial charge in [0.25, 0.3) is 0 Å². The predicted molar refractivity (Wildman–Crippen MR) is 117 cm³/mol. The summed E-state index contributed by atoms with van der Waals surface area (Å²) in [4.78, 5) is 15.7. The van der Waals surface area contributed by atoms with Crippen molar-refractivity contribution in [3.05, 3.63) is 107 Å². The van der Waals surface area contributed by atoms with E-state index in [4.69, 9.17) is 0 Å². The van der Waals surface area contributed by atoms with Crippen LogP contribution >= 0.6 is 0 Å². The third-order valence-corrected chi connectivity index (χ3v) is 6.64. The number of fused-ring (bicyclic) bond motifs is 2. The van der Waals surface area contributed by atoms with Gasteiger partial charge in [0.15, 0.2) is 5.78 Å². The van der Waals surface area contributed by atoms with Crippen molar-refractivity contribution < 1.29 is 4.79 Å². The maximum absolute atomic E-state index is 13.4. The van der Waals surface area contributed by atoms with E-state index >= 15 is 0 Å². The zero-order valence-electron chi connectivity index (χ0n) is 16.8. The van der Waals surface area contributed by atoms with Crippen LogP contribution in [-0.2, 0) is 24.2 Å². The minimum atomic E-state index is 0.0717. The summed E-state index contributed by atoms with van der Waals surface area (Å²) in [6, 6.07) is 28.0. The van der Waals surface area contributed by atoms with Crippen molar-refractivity contribution in [2.45, 2.75) is 31.7 Å². The fraction of sp³-hybridized carbons (Fsp3) is 0.296. The molecule has 0 N–H and O–H groups in total. The van der Waals surface area contributed by atoms with E-state index in [0.29, 0.717) is 12.3 Å². The standard InChI is InChI=1S/C27H27NO/c29-26-19-28(18-20-8-2-1-3-9-20)17-16-25(26)27-23-12-6-4-10-21(23)14-15-22-11-5-7-13-24(22)27/h1-13,25,27H,14-19H2. The zero-order valence-corrected chi connectivity index (χ0v) is 16.8. The van der Waals surface area contributed by atoms with Crippen LogP contribution in [0.15, 0.2) is 78.9 Å². The maximum atomic E-state index is 13.4. The summed E-state index contributed by atoms with van der Waals surface area (Å²) in [5.74, 6) is 0.655. The number of carbonyl (C=O) groups is 1. The molecule has 29 heavy (non-hydrogen) atoms. The van der Waals surface area contributed by atoms with E-state index in [2.05, 4.69) is 77.7 Å². The predicted octanol–water partition coefficient (Wildman–Crippen LogP) is 5.01. The molecule has 2 nitrogen and oxygen atoms in total. The number of likely N-dealkylation sites (tertiary alicyclic amines) is 1. The molecule has 0 saturated carbocycles. The average molecular weight is 382 g/mol. The van der Waals surface area contributed by atoms with Gasteiger partial charge >= 0.3 is 0 Å². The first-order chi connectivity index (χ1) is 14.3. The minimum Gasteiger partial charge on any atom is -0.298 e. The number of hydrogen-bond donors (Lipinski definition) is 0. The highest BCUT2D eigenvalue weighted by Crippen LogP contribution is 2.42. The molecule has 5 rings (SSSR count). The molecule has 1 aliphatic heterocycles. The monoisotopic (exact) mass is 381 g/mol. The van der Waals surface area contributed by atoms with Crippen LogP contribution in [0.25, 0.3) is 0 Å². The van der Waals surface area contributed by atoms with Crippen LogP contribution in [-0.4, -0.2) is 23.8 Å². The summed E-state index contributed by atoms with van der Waals surface area (Å²) in [6.45, 7) is 2.39. The Balaban J connectivity index is 1.44. The Kier molecular flexibility index (Phi) is 5.03. The third kappa shape index (κ3) is 3.65. The van der Waals surface area contributed by atoms with Gasteiger partial charge in [-0.25, -0.2) is 0 Å². The Hall–Kier alpha value is -2.71. The van der Waals surface area contributed by atoms with Gasteiger partial charge in [0.2, 0.25) is 0 Å². The Morgan fingerprint density at radius 3 is 1.97 bits per heavy atom. The summed E-state index contributed by atoms with van der Waals surface area (Å²) in [6.07, 6.45) is 3.05. The summed E-state index contributed by atoms with van der Waals surface area (Å²) >= 11 is 0. The van der Waals surface area contributed by atoms with Gasteiger partial charge in [0.1, 0.15) is 0 Å². The summed E-state index contributed by atoms with van der Waals surface area (Å²) in [5.41, 5.74) is 6.84. The van der Waals surface area contributed by atoms with Crippen LogP contribution in [0.1, 0.15) is 40.2 Å². The first kappa shape index (κ1) is 18.3. The molecular weight excluding hydrogens is 354 g/mol. The van der Waals surface area contributed by atoms with Gasteiger partial charge in [-0.3, -0.25) is 9.69 Å². The van der Waals surface area contributed by atoms with Crippen molar-refractivity contribution in [2.75, 3.05) is 13.1 Å². The van der Waals surface area contributed by atoms with Gasteiger partial charge in [-0.1, -0.05) is 78.9 Å². The summed E-state index contributed by atoms with van der Waals surface area (Å²) in [5, 5.41) is 0. The van der Waals surface area contributed by atoms with E-state index in [-0.39, 0.29) is 11.8 Å². The largest absolute Gasteiger partial charge is 0.298 e. The molecule has 1 unspecified atom stereocenters. The summed E-state index contributed by atoms with van der Waals surface area (Å²) < 4.78 is 0. The number of piperidine rings is 1. The molecule has 1 fully saturated rings. The van der Waals surface area contributed by atoms with E-state index in [1.165, 1.54) is 27.8 Å². The van der Waals surface area contributed by atoms with Gasteiger partial charge in [0, 0.05) is 18.4 Å². The molecule has 1 saturated heterocycles. The average Bonchev–Trinajstić information content (AvgIpc) is 2.92. The number of Topliss-reactive ketones (excluding diaryl/α,β-unsaturated/α-hetero) is 1. The van der Waals surface area contributed by atoms with Crippen LogP contribution in [0.2, 0.25) is 0 Å². The Morgan fingerprint density at radius 1 is 0.759 bits per heavy atom. The number of hydrogen-bond acceptors (Lipinski definition) is 2. The molecule has 1 heterocycles. The maximum Gasteiger partial charge on any atom is 0.150 e. The normalized spacial score (nSPS) is 20.0. The second-order valence-electron chi connectivity index (χ2n) is 8.43. The molecule has 3 aromatic rings. The van der Waals surface area contributed by atoms with Crippen LogP contribution in [0, 0.1) is 5.92 Å². The van der Waals surface area contributed by atoms with E-state index in [0.717, 1.165) is 32.4 Å². The Labute approximate surface area is 173 Å². The van der Waals surface area contributed by atoms with Crippen molar-refractivity contribution in [1.82, 2.24) is 4.90 Å². The fourth-order valence-corrected chi connectivity index (χ4v) is 5.23. The van der Waals surface area contributed by atoms with Gasteiger partial charge in [-0.15, -0.1) is 0 Å². The third-order valence-electron chi connectivity index (χ3n) is 6.64. The highest BCUT2D eigenvalue weighted by atomic mass is 16.1. The lowest BCUT2D eigenvalue weighted by Gasteiger charge is -2.36. The van der Waals surface area contributed by atoms with Gasteiger partial charge in [0.05, 0.1) is 6.54 Å².